The van der Waals surface area contributed by atoms with E-state index in [4.69, 9.17) is 30.5 Å². The highest BCUT2D eigenvalue weighted by Crippen LogP contribution is 2.51. The molecule has 4 atom stereocenters. The number of nitrogens with one attached hydrogen (secondary N) is 2. The number of aromatic nitrogens is 2. The van der Waals surface area contributed by atoms with E-state index in [1.807, 2.05) is 6.08 Å². The molecule has 4 aliphatic rings. The van der Waals surface area contributed by atoms with Crippen LogP contribution < -0.4 is 15.4 Å². The Morgan fingerprint density at radius 1 is 1.12 bits per heavy atom. The van der Waals surface area contributed by atoms with Gasteiger partial charge in [0.25, 0.3) is 0 Å². The molecule has 10 nitrogen and oxygen atoms in total. The van der Waals surface area contributed by atoms with Crippen LogP contribution in [0.5, 0.6) is 5.75 Å². The summed E-state index contributed by atoms with van der Waals surface area (Å²) < 4.78 is 37.0. The minimum absolute atomic E-state index is 0.00299. The second kappa shape index (κ2) is 11.7. The number of hydrogen-bond acceptors (Lipinski definition) is 9. The quantitative estimate of drug-likeness (QED) is 0.355. The number of carbonyl (C=O) groups is 1. The van der Waals surface area contributed by atoms with E-state index in [-0.39, 0.29) is 23.1 Å². The fourth-order valence-electron chi connectivity index (χ4n) is 6.07. The van der Waals surface area contributed by atoms with Crippen molar-refractivity contribution >= 4 is 45.6 Å². The van der Waals surface area contributed by atoms with Gasteiger partial charge in [0.05, 0.1) is 61.5 Å². The summed E-state index contributed by atoms with van der Waals surface area (Å²) in [4.78, 5) is 24.1. The smallest absolute Gasteiger partial charge is 0.248 e. The van der Waals surface area contributed by atoms with Crippen molar-refractivity contribution in [2.45, 2.75) is 12.2 Å². The predicted octanol–water partition coefficient (Wildman–Crippen LogP) is 4.03. The number of fused-ring (bicyclic) bond motifs is 3. The number of carbonyl (C=O) groups excluding carboxylic acids is 1. The molecule has 42 heavy (non-hydrogen) atoms. The Bertz CT molecular complexity index is 1500. The van der Waals surface area contributed by atoms with Crippen LogP contribution in [0, 0.1) is 23.6 Å². The largest absolute Gasteiger partial charge is 0.491 e. The standard InChI is InChI=1S/C30H31ClFN5O5/c31-22-8-17(3-4-23(22)32)35-30-18-9-25(36-29(38)2-1-5-37-11-27-28(12-37)41-7-6-40-27)26(10-24(18)33-16-34-30)42-15-21-19-13-39-14-20(19)21/h1-4,8-10,16,19-21,27-28H,5-7,11-15H2,(H,36,38)(H,33,34,35)/b2-1+/t19?,20?,21?,27-,28+. The van der Waals surface area contributed by atoms with Gasteiger partial charge in [0.2, 0.25) is 5.91 Å². The molecule has 7 rings (SSSR count). The molecule has 1 amide bonds. The number of benzene rings is 2. The molecule has 220 valence electrons. The number of halogens is 2. The van der Waals surface area contributed by atoms with Crippen molar-refractivity contribution in [2.24, 2.45) is 17.8 Å². The number of ether oxygens (including phenoxy) is 4. The summed E-state index contributed by atoms with van der Waals surface area (Å²) in [5, 5.41) is 6.81. The molecule has 4 fully saturated rings. The highest BCUT2D eigenvalue weighted by molar-refractivity contribution is 6.31. The van der Waals surface area contributed by atoms with E-state index in [0.717, 1.165) is 26.3 Å². The van der Waals surface area contributed by atoms with E-state index in [0.29, 0.717) is 78.0 Å². The third kappa shape index (κ3) is 5.80. The minimum atomic E-state index is -0.509. The lowest BCUT2D eigenvalue weighted by molar-refractivity contribution is -0.116. The lowest BCUT2D eigenvalue weighted by atomic mass is 10.1. The summed E-state index contributed by atoms with van der Waals surface area (Å²) in [5.74, 6) is 1.74. The van der Waals surface area contributed by atoms with Gasteiger partial charge in [0.15, 0.2) is 0 Å². The van der Waals surface area contributed by atoms with Crippen molar-refractivity contribution in [2.75, 3.05) is 63.3 Å². The summed E-state index contributed by atoms with van der Waals surface area (Å²) in [5.41, 5.74) is 1.70. The van der Waals surface area contributed by atoms with Crippen molar-refractivity contribution in [1.82, 2.24) is 14.9 Å². The summed E-state index contributed by atoms with van der Waals surface area (Å²) in [6.07, 6.45) is 4.99. The number of likely N-dealkylation sites (tertiary alicyclic amines) is 1. The zero-order chi connectivity index (χ0) is 28.6. The lowest BCUT2D eigenvalue weighted by Gasteiger charge is -2.24. The first-order valence-electron chi connectivity index (χ1n) is 14.2. The lowest BCUT2D eigenvalue weighted by Crippen LogP contribution is -2.36. The average Bonchev–Trinajstić information content (AvgIpc) is 3.28. The fourth-order valence-corrected chi connectivity index (χ4v) is 6.25. The highest BCUT2D eigenvalue weighted by atomic mass is 35.5. The maximum Gasteiger partial charge on any atom is 0.248 e. The van der Waals surface area contributed by atoms with Gasteiger partial charge >= 0.3 is 0 Å². The molecular formula is C30H31ClFN5O5. The van der Waals surface area contributed by atoms with Crippen molar-refractivity contribution in [3.63, 3.8) is 0 Å². The van der Waals surface area contributed by atoms with Gasteiger partial charge in [0.1, 0.15) is 23.7 Å². The van der Waals surface area contributed by atoms with Gasteiger partial charge in [-0.1, -0.05) is 17.7 Å². The van der Waals surface area contributed by atoms with Crippen LogP contribution in [0.3, 0.4) is 0 Å². The van der Waals surface area contributed by atoms with Gasteiger partial charge in [0, 0.05) is 48.8 Å². The Labute approximate surface area is 247 Å². The second-order valence-electron chi connectivity index (χ2n) is 11.1. The maximum absolute atomic E-state index is 13.7. The van der Waals surface area contributed by atoms with Crippen LogP contribution in [0.4, 0.5) is 21.6 Å². The Morgan fingerprint density at radius 2 is 1.90 bits per heavy atom. The monoisotopic (exact) mass is 595 g/mol. The highest BCUT2D eigenvalue weighted by Gasteiger charge is 2.54. The van der Waals surface area contributed by atoms with E-state index in [9.17, 15) is 9.18 Å². The molecule has 0 radical (unpaired) electrons. The molecule has 0 spiro atoms. The van der Waals surface area contributed by atoms with Gasteiger partial charge in [-0.3, -0.25) is 9.69 Å². The van der Waals surface area contributed by atoms with E-state index in [1.54, 1.807) is 18.2 Å². The van der Waals surface area contributed by atoms with Crippen LogP contribution in [-0.2, 0) is 19.0 Å². The fraction of sp³-hybridized carbons (Fsp3) is 0.433. The van der Waals surface area contributed by atoms with E-state index < -0.39 is 5.82 Å². The first kappa shape index (κ1) is 27.5. The molecule has 0 bridgehead atoms. The molecule has 3 aliphatic heterocycles. The Hall–Kier alpha value is -3.35. The summed E-state index contributed by atoms with van der Waals surface area (Å²) in [7, 11) is 0. The van der Waals surface area contributed by atoms with Crippen molar-refractivity contribution in [3.05, 3.63) is 59.7 Å². The third-order valence-corrected chi connectivity index (χ3v) is 8.70. The average molecular weight is 596 g/mol. The van der Waals surface area contributed by atoms with Crippen LogP contribution in [-0.4, -0.2) is 85.7 Å². The van der Waals surface area contributed by atoms with Crippen LogP contribution in [0.15, 0.2) is 48.8 Å². The Morgan fingerprint density at radius 3 is 2.67 bits per heavy atom. The molecule has 2 N–H and O–H groups in total. The summed E-state index contributed by atoms with van der Waals surface area (Å²) in [6, 6.07) is 7.94. The molecule has 1 aromatic heterocycles. The maximum atomic E-state index is 13.7. The number of nitrogens with zero attached hydrogens (tertiary/aromatic N) is 3. The van der Waals surface area contributed by atoms with Crippen LogP contribution in [0.25, 0.3) is 10.9 Å². The first-order chi connectivity index (χ1) is 20.5. The molecule has 2 unspecified atom stereocenters. The SMILES string of the molecule is O=C(/C=C/CN1C[C@@H]2OCCO[C@@H]2C1)Nc1cc2c(Nc3ccc(F)c(Cl)c3)ncnc2cc1OCC1C2COCC21. The Balaban J connectivity index is 1.09. The Kier molecular flexibility index (Phi) is 7.68. The molecule has 3 aromatic rings. The van der Waals surface area contributed by atoms with E-state index >= 15 is 0 Å². The molecular weight excluding hydrogens is 565 g/mol. The zero-order valence-corrected chi connectivity index (χ0v) is 23.6. The van der Waals surface area contributed by atoms with Crippen molar-refractivity contribution in [3.8, 4) is 5.75 Å². The number of anilines is 3. The normalized spacial score (nSPS) is 26.8. The molecule has 1 aliphatic carbocycles. The molecule has 3 saturated heterocycles. The van der Waals surface area contributed by atoms with E-state index in [2.05, 4.69) is 25.5 Å². The molecule has 12 heteroatoms. The van der Waals surface area contributed by atoms with Crippen LogP contribution >= 0.6 is 11.6 Å². The summed E-state index contributed by atoms with van der Waals surface area (Å²) >= 11 is 5.98. The summed E-state index contributed by atoms with van der Waals surface area (Å²) in [6.45, 7) is 5.51. The third-order valence-electron chi connectivity index (χ3n) is 8.41. The van der Waals surface area contributed by atoms with Gasteiger partial charge in [-0.25, -0.2) is 14.4 Å². The first-order valence-corrected chi connectivity index (χ1v) is 14.5. The molecule has 1 saturated carbocycles. The predicted molar refractivity (Wildman–Crippen MR) is 155 cm³/mol. The zero-order valence-electron chi connectivity index (χ0n) is 22.8. The number of amides is 1. The van der Waals surface area contributed by atoms with Gasteiger partial charge in [-0.15, -0.1) is 0 Å². The van der Waals surface area contributed by atoms with Crippen LogP contribution in [0.1, 0.15) is 0 Å². The van der Waals surface area contributed by atoms with Crippen molar-refractivity contribution in [1.29, 1.82) is 0 Å². The van der Waals surface area contributed by atoms with E-state index in [1.165, 1.54) is 24.5 Å². The van der Waals surface area contributed by atoms with Crippen molar-refractivity contribution < 1.29 is 28.1 Å². The molecule has 4 heterocycles. The van der Waals surface area contributed by atoms with Gasteiger partial charge in [-0.2, -0.15) is 0 Å². The minimum Gasteiger partial charge on any atom is -0.491 e. The van der Waals surface area contributed by atoms with Crippen LogP contribution in [0.2, 0.25) is 5.02 Å². The number of hydrogen-bond donors (Lipinski definition) is 2. The topological polar surface area (TPSA) is 107 Å². The van der Waals surface area contributed by atoms with Gasteiger partial charge in [-0.05, 0) is 36.1 Å². The number of rotatable bonds is 9. The second-order valence-corrected chi connectivity index (χ2v) is 11.5. The molecule has 2 aromatic carbocycles. The van der Waals surface area contributed by atoms with Gasteiger partial charge < -0.3 is 29.6 Å².